The van der Waals surface area contributed by atoms with Crippen LogP contribution in [-0.2, 0) is 0 Å². The highest BCUT2D eigenvalue weighted by atomic mass is 16.3. The minimum Gasteiger partial charge on any atom is -0.393 e. The van der Waals surface area contributed by atoms with Crippen molar-refractivity contribution in [1.29, 1.82) is 0 Å². The molecule has 0 radical (unpaired) electrons. The maximum absolute atomic E-state index is 8.90. The molecule has 1 N–H and O–H groups in total. The molecule has 0 rings (SSSR count). The van der Waals surface area contributed by atoms with E-state index >= 15 is 0 Å². The largest absolute Gasteiger partial charge is 0.393 e. The van der Waals surface area contributed by atoms with Crippen molar-refractivity contribution in [3.63, 3.8) is 0 Å². The molecule has 1 atom stereocenters. The first-order chi connectivity index (χ1) is 4.66. The van der Waals surface area contributed by atoms with Crippen LogP contribution in [0.1, 0.15) is 27.2 Å². The molecule has 0 aromatic rings. The first-order valence-corrected chi connectivity index (χ1v) is 3.64. The van der Waals surface area contributed by atoms with E-state index in [0.717, 1.165) is 6.42 Å². The normalized spacial score (nSPS) is 16.2. The summed E-state index contributed by atoms with van der Waals surface area (Å²) in [4.78, 5) is 0. The lowest BCUT2D eigenvalue weighted by Gasteiger charge is -1.97. The van der Waals surface area contributed by atoms with Crippen molar-refractivity contribution in [2.24, 2.45) is 0 Å². The molecule has 58 valence electrons. The van der Waals surface area contributed by atoms with Gasteiger partial charge in [0.2, 0.25) is 0 Å². The van der Waals surface area contributed by atoms with Gasteiger partial charge in [0, 0.05) is 0 Å². The van der Waals surface area contributed by atoms with Crippen LogP contribution in [0.2, 0.25) is 0 Å². The average Bonchev–Trinajstić information content (AvgIpc) is 1.85. The molecule has 0 spiro atoms. The number of rotatable bonds is 3. The highest BCUT2D eigenvalue weighted by Crippen LogP contribution is 1.99. The molecule has 0 aromatic heterocycles. The zero-order chi connectivity index (χ0) is 7.98. The molecule has 0 aliphatic rings. The third kappa shape index (κ3) is 5.57. The molecule has 1 nitrogen and oxygen atoms in total. The lowest BCUT2D eigenvalue weighted by Crippen LogP contribution is -1.95. The Labute approximate surface area is 63.1 Å². The van der Waals surface area contributed by atoms with Gasteiger partial charge in [0.1, 0.15) is 0 Å². The minimum absolute atomic E-state index is 0.222. The number of aliphatic hydroxyl groups is 1. The van der Waals surface area contributed by atoms with Gasteiger partial charge in [-0.2, -0.15) is 0 Å². The second-order valence-corrected chi connectivity index (χ2v) is 2.53. The summed E-state index contributed by atoms with van der Waals surface area (Å²) in [5.41, 5.74) is 1.21. The highest BCUT2D eigenvalue weighted by Gasteiger charge is 1.89. The van der Waals surface area contributed by atoms with Crippen LogP contribution in [0.3, 0.4) is 0 Å². The summed E-state index contributed by atoms with van der Waals surface area (Å²) in [7, 11) is 0. The van der Waals surface area contributed by atoms with Gasteiger partial charge in [0.15, 0.2) is 0 Å². The van der Waals surface area contributed by atoms with Crippen molar-refractivity contribution in [2.45, 2.75) is 33.3 Å². The molecule has 0 aliphatic heterocycles. The predicted octanol–water partition coefficient (Wildman–Crippen LogP) is 2.28. The van der Waals surface area contributed by atoms with Gasteiger partial charge >= 0.3 is 0 Å². The Morgan fingerprint density at radius 2 is 2.20 bits per heavy atom. The SMILES string of the molecule is C/C=C\C(C)=C\CC(C)O. The van der Waals surface area contributed by atoms with E-state index in [1.54, 1.807) is 6.92 Å². The zero-order valence-electron chi connectivity index (χ0n) is 6.96. The van der Waals surface area contributed by atoms with E-state index in [1.807, 2.05) is 32.1 Å². The van der Waals surface area contributed by atoms with E-state index in [-0.39, 0.29) is 6.10 Å². The van der Waals surface area contributed by atoms with E-state index in [9.17, 15) is 0 Å². The van der Waals surface area contributed by atoms with Crippen molar-refractivity contribution in [3.8, 4) is 0 Å². The van der Waals surface area contributed by atoms with Gasteiger partial charge in [-0.05, 0) is 27.2 Å². The van der Waals surface area contributed by atoms with Crippen LogP contribution in [0.25, 0.3) is 0 Å². The Morgan fingerprint density at radius 1 is 1.60 bits per heavy atom. The standard InChI is InChI=1S/C9H16O/c1-4-5-8(2)6-7-9(3)10/h4-6,9-10H,7H2,1-3H3/b5-4-,8-6+. The summed E-state index contributed by atoms with van der Waals surface area (Å²) < 4.78 is 0. The van der Waals surface area contributed by atoms with Crippen LogP contribution in [0, 0.1) is 0 Å². The molecule has 0 aromatic carbocycles. The first kappa shape index (κ1) is 9.44. The molecule has 1 unspecified atom stereocenters. The molecule has 1 heteroatoms. The fourth-order valence-electron chi connectivity index (χ4n) is 0.687. The van der Waals surface area contributed by atoms with Crippen molar-refractivity contribution < 1.29 is 5.11 Å². The quantitative estimate of drug-likeness (QED) is 0.596. The molecule has 0 bridgehead atoms. The molecular formula is C9H16O. The molecule has 0 saturated heterocycles. The minimum atomic E-state index is -0.222. The highest BCUT2D eigenvalue weighted by molar-refractivity contribution is 5.14. The fraction of sp³-hybridized carbons (Fsp3) is 0.556. The monoisotopic (exact) mass is 140 g/mol. The van der Waals surface area contributed by atoms with Crippen molar-refractivity contribution in [2.75, 3.05) is 0 Å². The van der Waals surface area contributed by atoms with Gasteiger partial charge in [-0.3, -0.25) is 0 Å². The van der Waals surface area contributed by atoms with Crippen LogP contribution in [-0.4, -0.2) is 11.2 Å². The maximum Gasteiger partial charge on any atom is 0.0546 e. The van der Waals surface area contributed by atoms with E-state index in [0.29, 0.717) is 0 Å². The van der Waals surface area contributed by atoms with Crippen LogP contribution < -0.4 is 0 Å². The predicted molar refractivity (Wildman–Crippen MR) is 44.9 cm³/mol. The van der Waals surface area contributed by atoms with Gasteiger partial charge < -0.3 is 5.11 Å². The Hall–Kier alpha value is -0.560. The van der Waals surface area contributed by atoms with Crippen molar-refractivity contribution in [3.05, 3.63) is 23.8 Å². The average molecular weight is 140 g/mol. The summed E-state index contributed by atoms with van der Waals surface area (Å²) in [6, 6.07) is 0. The van der Waals surface area contributed by atoms with E-state index in [4.69, 9.17) is 5.11 Å². The van der Waals surface area contributed by atoms with E-state index in [1.165, 1.54) is 5.57 Å². The Kier molecular flexibility index (Phi) is 4.95. The summed E-state index contributed by atoms with van der Waals surface area (Å²) in [6.45, 7) is 5.81. The third-order valence-electron chi connectivity index (χ3n) is 1.21. The van der Waals surface area contributed by atoms with Gasteiger partial charge in [0.05, 0.1) is 6.10 Å². The van der Waals surface area contributed by atoms with Crippen LogP contribution in [0.4, 0.5) is 0 Å². The van der Waals surface area contributed by atoms with Crippen LogP contribution >= 0.6 is 0 Å². The number of aliphatic hydroxyl groups excluding tert-OH is 1. The molecule has 0 aliphatic carbocycles. The van der Waals surface area contributed by atoms with Gasteiger partial charge in [0.25, 0.3) is 0 Å². The Morgan fingerprint density at radius 3 is 2.60 bits per heavy atom. The summed E-state index contributed by atoms with van der Waals surface area (Å²) >= 11 is 0. The molecule has 0 fully saturated rings. The summed E-state index contributed by atoms with van der Waals surface area (Å²) in [6.07, 6.45) is 6.58. The summed E-state index contributed by atoms with van der Waals surface area (Å²) in [5.74, 6) is 0. The zero-order valence-corrected chi connectivity index (χ0v) is 6.96. The lowest BCUT2D eigenvalue weighted by atomic mass is 10.2. The topological polar surface area (TPSA) is 20.2 Å². The molecule has 0 heterocycles. The maximum atomic E-state index is 8.90. The van der Waals surface area contributed by atoms with Crippen molar-refractivity contribution >= 4 is 0 Å². The Balaban J connectivity index is 3.68. The number of hydrogen-bond donors (Lipinski definition) is 1. The molecular weight excluding hydrogens is 124 g/mol. The van der Waals surface area contributed by atoms with Crippen LogP contribution in [0.5, 0.6) is 0 Å². The van der Waals surface area contributed by atoms with E-state index < -0.39 is 0 Å². The molecule has 0 saturated carbocycles. The Bertz CT molecular complexity index is 132. The fourth-order valence-corrected chi connectivity index (χ4v) is 0.687. The van der Waals surface area contributed by atoms with Gasteiger partial charge in [-0.25, -0.2) is 0 Å². The molecule has 0 amide bonds. The third-order valence-corrected chi connectivity index (χ3v) is 1.21. The number of hydrogen-bond acceptors (Lipinski definition) is 1. The van der Waals surface area contributed by atoms with Gasteiger partial charge in [-0.15, -0.1) is 0 Å². The molecule has 10 heavy (non-hydrogen) atoms. The lowest BCUT2D eigenvalue weighted by molar-refractivity contribution is 0.198. The van der Waals surface area contributed by atoms with Crippen LogP contribution in [0.15, 0.2) is 23.8 Å². The second-order valence-electron chi connectivity index (χ2n) is 2.53. The first-order valence-electron chi connectivity index (χ1n) is 3.64. The van der Waals surface area contributed by atoms with Crippen molar-refractivity contribution in [1.82, 2.24) is 0 Å². The summed E-state index contributed by atoms with van der Waals surface area (Å²) in [5, 5.41) is 8.90. The van der Waals surface area contributed by atoms with E-state index in [2.05, 4.69) is 0 Å². The smallest absolute Gasteiger partial charge is 0.0546 e. The second kappa shape index (κ2) is 5.24. The number of allylic oxidation sites excluding steroid dienone is 3. The van der Waals surface area contributed by atoms with Gasteiger partial charge in [-0.1, -0.05) is 23.8 Å².